The standard InChI is InChI=1S/C26H20Cl2N2O4S/c1-15(31)12-21(20-10-2-3-11-22(20)32)23-24(33)29(18-8-4-6-16(27)13-18)26(35)30(25(23)34)19-9-5-7-17(28)14-19/h2-14,21,23,31-32H,1H3/b15-12-. The lowest BCUT2D eigenvalue weighted by Gasteiger charge is -2.41. The molecule has 0 radical (unpaired) electrons. The van der Waals surface area contributed by atoms with Crippen LogP contribution in [0.1, 0.15) is 18.4 Å². The molecule has 0 saturated carbocycles. The van der Waals surface area contributed by atoms with E-state index in [9.17, 15) is 19.8 Å². The van der Waals surface area contributed by atoms with E-state index in [1.807, 2.05) is 0 Å². The van der Waals surface area contributed by atoms with Crippen LogP contribution in [0.25, 0.3) is 0 Å². The molecule has 0 aliphatic carbocycles. The zero-order valence-electron chi connectivity index (χ0n) is 18.4. The molecule has 2 amide bonds. The van der Waals surface area contributed by atoms with Crippen molar-refractivity contribution < 1.29 is 19.8 Å². The van der Waals surface area contributed by atoms with Gasteiger partial charge in [-0.25, -0.2) is 0 Å². The van der Waals surface area contributed by atoms with Crippen molar-refractivity contribution in [2.24, 2.45) is 5.92 Å². The largest absolute Gasteiger partial charge is 0.513 e. The highest BCUT2D eigenvalue weighted by Gasteiger charge is 2.49. The maximum absolute atomic E-state index is 13.9. The van der Waals surface area contributed by atoms with E-state index in [0.717, 1.165) is 0 Å². The molecule has 1 aliphatic rings. The predicted molar refractivity (Wildman–Crippen MR) is 141 cm³/mol. The fraction of sp³-hybridized carbons (Fsp3) is 0.115. The smallest absolute Gasteiger partial charge is 0.246 e. The minimum absolute atomic E-state index is 0.0680. The number of hydrogen-bond donors (Lipinski definition) is 2. The Morgan fingerprint density at radius 2 is 1.43 bits per heavy atom. The van der Waals surface area contributed by atoms with Crippen molar-refractivity contribution in [3.8, 4) is 5.75 Å². The highest BCUT2D eigenvalue weighted by atomic mass is 35.5. The Hall–Kier alpha value is -3.39. The van der Waals surface area contributed by atoms with E-state index in [1.54, 1.807) is 66.7 Å². The van der Waals surface area contributed by atoms with Crippen molar-refractivity contribution >= 4 is 63.7 Å². The second-order valence-electron chi connectivity index (χ2n) is 7.96. The number of benzene rings is 3. The van der Waals surface area contributed by atoms with E-state index < -0.39 is 23.7 Å². The van der Waals surface area contributed by atoms with E-state index in [0.29, 0.717) is 27.0 Å². The summed E-state index contributed by atoms with van der Waals surface area (Å²) in [6, 6.07) is 19.4. The average molecular weight is 527 g/mol. The first-order valence-corrected chi connectivity index (χ1v) is 11.7. The molecule has 9 heteroatoms. The van der Waals surface area contributed by atoms with Crippen LogP contribution >= 0.6 is 35.4 Å². The molecule has 0 aromatic heterocycles. The van der Waals surface area contributed by atoms with Crippen LogP contribution in [0, 0.1) is 5.92 Å². The van der Waals surface area contributed by atoms with Gasteiger partial charge in [-0.15, -0.1) is 0 Å². The zero-order valence-corrected chi connectivity index (χ0v) is 20.8. The number of aliphatic hydroxyl groups is 1. The molecule has 1 unspecified atom stereocenters. The monoisotopic (exact) mass is 526 g/mol. The number of rotatable bonds is 5. The van der Waals surface area contributed by atoms with Crippen molar-refractivity contribution in [1.82, 2.24) is 0 Å². The van der Waals surface area contributed by atoms with Gasteiger partial charge in [0.1, 0.15) is 11.7 Å². The van der Waals surface area contributed by atoms with Crippen LogP contribution < -0.4 is 9.80 Å². The van der Waals surface area contributed by atoms with Crippen LogP contribution in [0.2, 0.25) is 10.0 Å². The van der Waals surface area contributed by atoms with E-state index >= 15 is 0 Å². The molecule has 3 aromatic carbocycles. The number of thiocarbonyl (C=S) groups is 1. The van der Waals surface area contributed by atoms with Crippen molar-refractivity contribution in [3.05, 3.63) is 100 Å². The number of phenolic OH excluding ortho intramolecular Hbond substituents is 1. The molecule has 2 N–H and O–H groups in total. The highest BCUT2D eigenvalue weighted by molar-refractivity contribution is 7.81. The molecule has 1 atom stereocenters. The number of para-hydroxylation sites is 1. The van der Waals surface area contributed by atoms with Gasteiger partial charge in [-0.3, -0.25) is 19.4 Å². The van der Waals surface area contributed by atoms with Crippen LogP contribution in [0.3, 0.4) is 0 Å². The molecule has 178 valence electrons. The first kappa shape index (κ1) is 24.7. The van der Waals surface area contributed by atoms with Crippen molar-refractivity contribution in [1.29, 1.82) is 0 Å². The predicted octanol–water partition coefficient (Wildman–Crippen LogP) is 6.23. The Morgan fingerprint density at radius 3 is 1.89 bits per heavy atom. The number of nitrogens with zero attached hydrogens (tertiary/aromatic N) is 2. The van der Waals surface area contributed by atoms with Gasteiger partial charge in [0.05, 0.1) is 17.1 Å². The van der Waals surface area contributed by atoms with Crippen LogP contribution in [0.4, 0.5) is 11.4 Å². The van der Waals surface area contributed by atoms with Crippen LogP contribution in [-0.2, 0) is 9.59 Å². The van der Waals surface area contributed by atoms with E-state index in [-0.39, 0.29) is 16.6 Å². The van der Waals surface area contributed by atoms with Gasteiger partial charge >= 0.3 is 0 Å². The molecule has 0 spiro atoms. The van der Waals surface area contributed by atoms with E-state index in [4.69, 9.17) is 35.4 Å². The SMILES string of the molecule is C/C(O)=C/C(c1ccccc1O)C1C(=O)N(c2cccc(Cl)c2)C(=S)N(c2cccc(Cl)c2)C1=O. The van der Waals surface area contributed by atoms with Gasteiger partial charge in [-0.05, 0) is 67.7 Å². The molecule has 0 bridgehead atoms. The van der Waals surface area contributed by atoms with E-state index in [2.05, 4.69) is 0 Å². The van der Waals surface area contributed by atoms with Crippen molar-refractivity contribution in [2.75, 3.05) is 9.80 Å². The van der Waals surface area contributed by atoms with E-state index in [1.165, 1.54) is 28.9 Å². The third kappa shape index (κ3) is 4.89. The highest BCUT2D eigenvalue weighted by Crippen LogP contribution is 2.40. The summed E-state index contributed by atoms with van der Waals surface area (Å²) in [7, 11) is 0. The first-order chi connectivity index (χ1) is 16.7. The van der Waals surface area contributed by atoms with Gasteiger partial charge in [0.25, 0.3) is 0 Å². The Labute approximate surface area is 217 Å². The minimum atomic E-state index is -1.37. The summed E-state index contributed by atoms with van der Waals surface area (Å²) in [5.74, 6) is -3.83. The number of hydrogen-bond acceptors (Lipinski definition) is 5. The molecule has 1 heterocycles. The molecule has 3 aromatic rings. The zero-order chi connectivity index (χ0) is 25.3. The minimum Gasteiger partial charge on any atom is -0.513 e. The molecule has 1 fully saturated rings. The topological polar surface area (TPSA) is 81.1 Å². The Bertz CT molecular complexity index is 1290. The van der Waals surface area contributed by atoms with Gasteiger partial charge < -0.3 is 10.2 Å². The van der Waals surface area contributed by atoms with Crippen LogP contribution in [0.5, 0.6) is 5.75 Å². The summed E-state index contributed by atoms with van der Waals surface area (Å²) in [6.07, 6.45) is 1.37. The van der Waals surface area contributed by atoms with Gasteiger partial charge in [0.2, 0.25) is 11.8 Å². The number of carbonyl (C=O) groups is 2. The summed E-state index contributed by atoms with van der Waals surface area (Å²) < 4.78 is 0. The number of allylic oxidation sites excluding steroid dienone is 2. The Balaban J connectivity index is 1.94. The van der Waals surface area contributed by atoms with Crippen molar-refractivity contribution in [3.63, 3.8) is 0 Å². The van der Waals surface area contributed by atoms with Gasteiger partial charge in [0.15, 0.2) is 5.11 Å². The number of carbonyl (C=O) groups excluding carboxylic acids is 2. The quantitative estimate of drug-likeness (QED) is 0.234. The lowest BCUT2D eigenvalue weighted by atomic mass is 9.81. The van der Waals surface area contributed by atoms with Crippen molar-refractivity contribution in [2.45, 2.75) is 12.8 Å². The van der Waals surface area contributed by atoms with Crippen LogP contribution in [0.15, 0.2) is 84.6 Å². The van der Waals surface area contributed by atoms with Gasteiger partial charge in [-0.1, -0.05) is 53.5 Å². The lowest BCUT2D eigenvalue weighted by Crippen LogP contribution is -2.61. The number of anilines is 2. The Morgan fingerprint density at radius 1 is 0.914 bits per heavy atom. The summed E-state index contributed by atoms with van der Waals surface area (Å²) >= 11 is 18.0. The fourth-order valence-electron chi connectivity index (χ4n) is 4.08. The second kappa shape index (κ2) is 10.1. The maximum atomic E-state index is 13.9. The molecule has 6 nitrogen and oxygen atoms in total. The first-order valence-electron chi connectivity index (χ1n) is 10.6. The average Bonchev–Trinajstić information content (AvgIpc) is 2.79. The molecule has 35 heavy (non-hydrogen) atoms. The number of halogens is 2. The van der Waals surface area contributed by atoms with Gasteiger partial charge in [-0.2, -0.15) is 0 Å². The molecule has 1 aliphatic heterocycles. The number of amides is 2. The number of aromatic hydroxyl groups is 1. The molecular formula is C26H20Cl2N2O4S. The van der Waals surface area contributed by atoms with Crippen LogP contribution in [-0.4, -0.2) is 27.1 Å². The summed E-state index contributed by atoms with van der Waals surface area (Å²) in [4.78, 5) is 30.4. The Kier molecular flexibility index (Phi) is 7.12. The summed E-state index contributed by atoms with van der Waals surface area (Å²) in [5.41, 5.74) is 1.05. The second-order valence-corrected chi connectivity index (χ2v) is 9.20. The third-order valence-electron chi connectivity index (χ3n) is 5.56. The maximum Gasteiger partial charge on any atom is 0.246 e. The summed E-state index contributed by atoms with van der Waals surface area (Å²) in [5, 5.41) is 21.4. The third-order valence-corrected chi connectivity index (χ3v) is 6.40. The lowest BCUT2D eigenvalue weighted by molar-refractivity contribution is -0.132. The van der Waals surface area contributed by atoms with Gasteiger partial charge in [0, 0.05) is 21.5 Å². The molecular weight excluding hydrogens is 507 g/mol. The fourth-order valence-corrected chi connectivity index (χ4v) is 4.84. The normalized spacial score (nSPS) is 16.1. The summed E-state index contributed by atoms with van der Waals surface area (Å²) in [6.45, 7) is 1.43. The molecule has 1 saturated heterocycles. The molecule has 4 rings (SSSR count). The number of phenols is 1. The number of aliphatic hydroxyl groups excluding tert-OH is 1.